The maximum atomic E-state index is 5.97. The van der Waals surface area contributed by atoms with Crippen molar-refractivity contribution in [2.75, 3.05) is 13.2 Å². The summed E-state index contributed by atoms with van der Waals surface area (Å²) in [7, 11) is 0. The third-order valence-electron chi connectivity index (χ3n) is 4.08. The number of hydrogen-bond donors (Lipinski definition) is 1. The van der Waals surface area contributed by atoms with Gasteiger partial charge in [-0.2, -0.15) is 10.1 Å². The van der Waals surface area contributed by atoms with Crippen molar-refractivity contribution in [3.8, 4) is 23.1 Å². The van der Waals surface area contributed by atoms with Gasteiger partial charge in [-0.3, -0.25) is 5.10 Å². The molecule has 130 valence electrons. The molecule has 7 heteroatoms. The van der Waals surface area contributed by atoms with Crippen LogP contribution in [-0.4, -0.2) is 45.6 Å². The summed E-state index contributed by atoms with van der Waals surface area (Å²) >= 11 is 0. The summed E-state index contributed by atoms with van der Waals surface area (Å²) in [6.45, 7) is 5.09. The molecule has 2 aromatic heterocycles. The van der Waals surface area contributed by atoms with Gasteiger partial charge < -0.3 is 14.2 Å². The van der Waals surface area contributed by atoms with Crippen LogP contribution in [0.3, 0.4) is 0 Å². The van der Waals surface area contributed by atoms with E-state index in [4.69, 9.17) is 14.2 Å². The largest absolute Gasteiger partial charge is 0.488 e. The summed E-state index contributed by atoms with van der Waals surface area (Å²) in [5.41, 5.74) is 2.38. The van der Waals surface area contributed by atoms with Crippen LogP contribution < -0.4 is 9.47 Å². The lowest BCUT2D eigenvalue weighted by Gasteiger charge is -2.16. The SMILES string of the molecule is C[C@@H]1CCOC[C@H](C)Oc2ccc3[nH]nc(c3c2)-c2ccnc(n2)O1. The zero-order valence-electron chi connectivity index (χ0n) is 14.2. The maximum absolute atomic E-state index is 5.97. The lowest BCUT2D eigenvalue weighted by Crippen LogP contribution is -2.21. The highest BCUT2D eigenvalue weighted by molar-refractivity contribution is 5.92. The first kappa shape index (κ1) is 15.8. The van der Waals surface area contributed by atoms with Crippen LogP contribution in [0.4, 0.5) is 0 Å². The van der Waals surface area contributed by atoms with Crippen molar-refractivity contribution < 1.29 is 14.2 Å². The Morgan fingerprint density at radius 3 is 2.96 bits per heavy atom. The number of nitrogens with zero attached hydrogens (tertiary/aromatic N) is 3. The molecule has 0 fully saturated rings. The van der Waals surface area contributed by atoms with Crippen molar-refractivity contribution >= 4 is 10.9 Å². The zero-order valence-corrected chi connectivity index (χ0v) is 14.2. The van der Waals surface area contributed by atoms with Gasteiger partial charge in [0.25, 0.3) is 0 Å². The fourth-order valence-corrected chi connectivity index (χ4v) is 2.79. The minimum atomic E-state index is -0.0463. The molecule has 3 heterocycles. The number of rotatable bonds is 0. The molecule has 25 heavy (non-hydrogen) atoms. The molecule has 2 atom stereocenters. The minimum Gasteiger partial charge on any atom is -0.488 e. The smallest absolute Gasteiger partial charge is 0.317 e. The second-order valence-electron chi connectivity index (χ2n) is 6.22. The van der Waals surface area contributed by atoms with Gasteiger partial charge in [-0.25, -0.2) is 4.98 Å². The standard InChI is InChI=1S/C18H20N4O3/c1-11-6-8-23-10-12(2)24-13-3-4-15-14(9-13)17(22-21-15)16-5-7-19-18(20-16)25-11/h3-5,7,9,11-12H,6,8,10H2,1-2H3,(H,21,22)/t11-,12+/m1/s1. The van der Waals surface area contributed by atoms with E-state index in [0.717, 1.165) is 28.8 Å². The monoisotopic (exact) mass is 340 g/mol. The summed E-state index contributed by atoms with van der Waals surface area (Å²) in [5.74, 6) is 0.778. The number of aromatic nitrogens is 4. The topological polar surface area (TPSA) is 82.2 Å². The summed E-state index contributed by atoms with van der Waals surface area (Å²) in [6, 6.07) is 8.01. The van der Waals surface area contributed by atoms with Crippen LogP contribution in [0, 0.1) is 0 Å². The fraction of sp³-hybridized carbons (Fsp3) is 0.389. The van der Waals surface area contributed by atoms with Crippen LogP contribution in [0.15, 0.2) is 30.5 Å². The highest BCUT2D eigenvalue weighted by Gasteiger charge is 2.15. The number of H-pyrrole nitrogens is 1. The molecule has 0 amide bonds. The quantitative estimate of drug-likeness (QED) is 0.677. The van der Waals surface area contributed by atoms with Crippen molar-refractivity contribution in [2.45, 2.75) is 32.5 Å². The van der Waals surface area contributed by atoms with Crippen LogP contribution in [0.1, 0.15) is 20.3 Å². The highest BCUT2D eigenvalue weighted by Crippen LogP contribution is 2.29. The highest BCUT2D eigenvalue weighted by atomic mass is 16.5. The predicted octanol–water partition coefficient (Wildman–Crippen LogP) is 2.97. The van der Waals surface area contributed by atoms with E-state index in [1.54, 1.807) is 6.20 Å². The lowest BCUT2D eigenvalue weighted by molar-refractivity contribution is 0.0430. The van der Waals surface area contributed by atoms with Gasteiger partial charge in [0.15, 0.2) is 0 Å². The molecular formula is C18H20N4O3. The molecule has 0 saturated heterocycles. The number of nitrogens with one attached hydrogen (secondary N) is 1. The Labute approximate surface area is 145 Å². The Balaban J connectivity index is 1.79. The molecule has 4 bridgehead atoms. The average Bonchev–Trinajstić information content (AvgIpc) is 3.01. The molecule has 0 saturated carbocycles. The van der Waals surface area contributed by atoms with E-state index in [1.165, 1.54) is 0 Å². The number of hydrogen-bond acceptors (Lipinski definition) is 6. The predicted molar refractivity (Wildman–Crippen MR) is 92.7 cm³/mol. The van der Waals surface area contributed by atoms with Crippen molar-refractivity contribution in [1.82, 2.24) is 20.2 Å². The van der Waals surface area contributed by atoms with Gasteiger partial charge in [0.1, 0.15) is 23.7 Å². The first-order valence-corrected chi connectivity index (χ1v) is 8.41. The molecule has 1 aromatic carbocycles. The Hall–Kier alpha value is -2.67. The van der Waals surface area contributed by atoms with Gasteiger partial charge >= 0.3 is 6.01 Å². The Morgan fingerprint density at radius 1 is 1.12 bits per heavy atom. The molecule has 4 rings (SSSR count). The van der Waals surface area contributed by atoms with Gasteiger partial charge in [0.2, 0.25) is 0 Å². The van der Waals surface area contributed by atoms with E-state index in [0.29, 0.717) is 24.9 Å². The van der Waals surface area contributed by atoms with Gasteiger partial charge in [-0.05, 0) is 38.1 Å². The number of fused-ring (bicyclic) bond motifs is 4. The van der Waals surface area contributed by atoms with E-state index in [2.05, 4.69) is 20.2 Å². The molecule has 1 aliphatic heterocycles. The Morgan fingerprint density at radius 2 is 2.04 bits per heavy atom. The van der Waals surface area contributed by atoms with Crippen LogP contribution >= 0.6 is 0 Å². The molecule has 1 aliphatic rings. The van der Waals surface area contributed by atoms with Crippen molar-refractivity contribution in [3.63, 3.8) is 0 Å². The van der Waals surface area contributed by atoms with Crippen molar-refractivity contribution in [1.29, 1.82) is 0 Å². The molecule has 0 spiro atoms. The van der Waals surface area contributed by atoms with Crippen LogP contribution in [0.2, 0.25) is 0 Å². The summed E-state index contributed by atoms with van der Waals surface area (Å²) < 4.78 is 17.5. The van der Waals surface area contributed by atoms with E-state index in [9.17, 15) is 0 Å². The first-order chi connectivity index (χ1) is 12.2. The second kappa shape index (κ2) is 6.68. The molecular weight excluding hydrogens is 320 g/mol. The lowest BCUT2D eigenvalue weighted by atomic mass is 10.1. The normalized spacial score (nSPS) is 21.2. The molecule has 3 aromatic rings. The molecule has 1 N–H and O–H groups in total. The molecule has 0 aliphatic carbocycles. The minimum absolute atomic E-state index is 0.0446. The summed E-state index contributed by atoms with van der Waals surface area (Å²) in [6.07, 6.45) is 2.34. The average molecular weight is 340 g/mol. The van der Waals surface area contributed by atoms with E-state index < -0.39 is 0 Å². The van der Waals surface area contributed by atoms with Crippen LogP contribution in [0.5, 0.6) is 11.8 Å². The second-order valence-corrected chi connectivity index (χ2v) is 6.22. The van der Waals surface area contributed by atoms with Gasteiger partial charge in [-0.1, -0.05) is 0 Å². The third kappa shape index (κ3) is 3.41. The maximum Gasteiger partial charge on any atom is 0.317 e. The van der Waals surface area contributed by atoms with Crippen molar-refractivity contribution in [2.24, 2.45) is 0 Å². The Bertz CT molecular complexity index is 880. The number of benzene rings is 1. The number of ether oxygens (including phenoxy) is 3. The van der Waals surface area contributed by atoms with E-state index in [-0.39, 0.29) is 12.2 Å². The zero-order chi connectivity index (χ0) is 17.2. The molecule has 0 unspecified atom stereocenters. The van der Waals surface area contributed by atoms with Gasteiger partial charge in [-0.15, -0.1) is 0 Å². The summed E-state index contributed by atoms with van der Waals surface area (Å²) in [5, 5.41) is 8.38. The van der Waals surface area contributed by atoms with Crippen LogP contribution in [0.25, 0.3) is 22.3 Å². The van der Waals surface area contributed by atoms with E-state index in [1.807, 2.05) is 38.1 Å². The van der Waals surface area contributed by atoms with Crippen molar-refractivity contribution in [3.05, 3.63) is 30.5 Å². The summed E-state index contributed by atoms with van der Waals surface area (Å²) in [4.78, 5) is 8.70. The third-order valence-corrected chi connectivity index (χ3v) is 4.08. The fourth-order valence-electron chi connectivity index (χ4n) is 2.79. The number of aromatic amines is 1. The van der Waals surface area contributed by atoms with E-state index >= 15 is 0 Å². The first-order valence-electron chi connectivity index (χ1n) is 8.41. The van der Waals surface area contributed by atoms with Gasteiger partial charge in [0, 0.05) is 18.0 Å². The molecule has 7 nitrogen and oxygen atoms in total. The molecule has 0 radical (unpaired) electrons. The van der Waals surface area contributed by atoms with Gasteiger partial charge in [0.05, 0.1) is 24.4 Å². The Kier molecular flexibility index (Phi) is 4.23. The van der Waals surface area contributed by atoms with Crippen LogP contribution in [-0.2, 0) is 4.74 Å².